The largest absolute Gasteiger partial charge is 0.310 e. The van der Waals surface area contributed by atoms with Crippen LogP contribution in [0.25, 0.3) is 0 Å². The molecule has 1 N–H and O–H groups in total. The lowest BCUT2D eigenvalue weighted by molar-refractivity contribution is 0.304. The fraction of sp³-hybridized carbons (Fsp3) is 0.857. The van der Waals surface area contributed by atoms with E-state index >= 15 is 0 Å². The molecule has 0 aromatic heterocycles. The molecule has 2 aliphatic carbocycles. The van der Waals surface area contributed by atoms with Crippen LogP contribution in [0.2, 0.25) is 0 Å². The van der Waals surface area contributed by atoms with E-state index in [1.807, 2.05) is 11.8 Å². The summed E-state index contributed by atoms with van der Waals surface area (Å²) in [6, 6.07) is 1.39. The number of nitrogens with one attached hydrogen (secondary N) is 1. The Bertz CT molecular complexity index is 251. The Hall–Kier alpha value is 0.0500. The van der Waals surface area contributed by atoms with Crippen LogP contribution < -0.4 is 5.32 Å². The van der Waals surface area contributed by atoms with E-state index in [1.165, 1.54) is 25.0 Å². The number of allylic oxidation sites excluding steroid dienone is 2. The second kappa shape index (κ2) is 5.59. The molecule has 2 heteroatoms. The Kier molecular flexibility index (Phi) is 4.37. The van der Waals surface area contributed by atoms with Crippen molar-refractivity contribution in [1.29, 1.82) is 0 Å². The molecule has 1 nitrogen and oxygen atoms in total. The number of rotatable bonds is 6. The zero-order valence-electron chi connectivity index (χ0n) is 10.8. The van der Waals surface area contributed by atoms with E-state index in [0.717, 1.165) is 17.8 Å². The molecular formula is C14H25NS. The maximum Gasteiger partial charge on any atom is 0.0158 e. The van der Waals surface area contributed by atoms with Gasteiger partial charge in [0, 0.05) is 17.8 Å². The first kappa shape index (κ1) is 12.5. The van der Waals surface area contributed by atoms with E-state index in [1.54, 1.807) is 0 Å². The van der Waals surface area contributed by atoms with Gasteiger partial charge < -0.3 is 5.32 Å². The van der Waals surface area contributed by atoms with Crippen molar-refractivity contribution < 1.29 is 0 Å². The van der Waals surface area contributed by atoms with Crippen LogP contribution in [0, 0.1) is 17.8 Å². The van der Waals surface area contributed by atoms with Gasteiger partial charge in [-0.3, -0.25) is 0 Å². The summed E-state index contributed by atoms with van der Waals surface area (Å²) in [5, 5.41) is 3.84. The minimum absolute atomic E-state index is 0.692. The summed E-state index contributed by atoms with van der Waals surface area (Å²) >= 11 is 1.96. The van der Waals surface area contributed by atoms with Crippen molar-refractivity contribution in [3.8, 4) is 0 Å². The zero-order valence-corrected chi connectivity index (χ0v) is 11.6. The van der Waals surface area contributed by atoms with Gasteiger partial charge in [0.1, 0.15) is 0 Å². The lowest BCUT2D eigenvalue weighted by atomic mass is 9.87. The van der Waals surface area contributed by atoms with E-state index < -0.39 is 0 Å². The average Bonchev–Trinajstić information content (AvgIpc) is 2.89. The molecule has 0 aromatic rings. The topological polar surface area (TPSA) is 12.0 Å². The lowest BCUT2D eigenvalue weighted by Gasteiger charge is -2.30. The molecule has 0 aromatic carbocycles. The van der Waals surface area contributed by atoms with E-state index in [0.29, 0.717) is 12.1 Å². The molecule has 1 saturated carbocycles. The van der Waals surface area contributed by atoms with Crippen molar-refractivity contribution in [3.63, 3.8) is 0 Å². The van der Waals surface area contributed by atoms with Crippen molar-refractivity contribution in [2.75, 3.05) is 12.0 Å². The molecular weight excluding hydrogens is 214 g/mol. The van der Waals surface area contributed by atoms with E-state index in [9.17, 15) is 0 Å². The number of thioether (sulfide) groups is 1. The molecule has 0 aliphatic heterocycles. The predicted octanol–water partition coefficient (Wildman–Crippen LogP) is 3.32. The molecule has 0 radical (unpaired) electrons. The highest BCUT2D eigenvalue weighted by Crippen LogP contribution is 2.44. The molecule has 2 aliphatic rings. The summed E-state index contributed by atoms with van der Waals surface area (Å²) < 4.78 is 0. The fourth-order valence-corrected chi connectivity index (χ4v) is 4.11. The second-order valence-corrected chi connectivity index (χ2v) is 6.37. The highest BCUT2D eigenvalue weighted by molar-refractivity contribution is 7.98. The van der Waals surface area contributed by atoms with Crippen LogP contribution in [0.5, 0.6) is 0 Å². The molecule has 2 rings (SSSR count). The van der Waals surface area contributed by atoms with Crippen molar-refractivity contribution in [1.82, 2.24) is 5.32 Å². The minimum atomic E-state index is 0.692. The number of hydrogen-bond acceptors (Lipinski definition) is 2. The van der Waals surface area contributed by atoms with Crippen LogP contribution in [0.4, 0.5) is 0 Å². The van der Waals surface area contributed by atoms with Gasteiger partial charge in [0.05, 0.1) is 0 Å². The molecule has 0 heterocycles. The van der Waals surface area contributed by atoms with Crippen LogP contribution in [-0.4, -0.2) is 24.1 Å². The summed E-state index contributed by atoms with van der Waals surface area (Å²) in [6.45, 7) is 4.68. The maximum absolute atomic E-state index is 3.84. The predicted molar refractivity (Wildman–Crippen MR) is 73.9 cm³/mol. The van der Waals surface area contributed by atoms with Crippen molar-refractivity contribution in [2.24, 2.45) is 17.8 Å². The van der Waals surface area contributed by atoms with Gasteiger partial charge in [0.2, 0.25) is 0 Å². The summed E-state index contributed by atoms with van der Waals surface area (Å²) in [6.07, 6.45) is 11.2. The molecule has 5 unspecified atom stereocenters. The van der Waals surface area contributed by atoms with Crippen molar-refractivity contribution in [3.05, 3.63) is 12.2 Å². The molecule has 1 fully saturated rings. The first-order valence-electron chi connectivity index (χ1n) is 6.67. The first-order chi connectivity index (χ1) is 7.74. The van der Waals surface area contributed by atoms with Crippen molar-refractivity contribution in [2.45, 2.75) is 45.2 Å². The highest BCUT2D eigenvalue weighted by Gasteiger charge is 2.38. The Labute approximate surface area is 104 Å². The van der Waals surface area contributed by atoms with Gasteiger partial charge >= 0.3 is 0 Å². The Morgan fingerprint density at radius 3 is 2.69 bits per heavy atom. The lowest BCUT2D eigenvalue weighted by Crippen LogP contribution is -2.43. The third kappa shape index (κ3) is 2.65. The SMILES string of the molecule is CCC(CSC)NC(C)C1CC2C=CC1C2. The standard InChI is InChI=1S/C14H25NS/c1-4-13(9-16-3)15-10(2)14-8-11-5-6-12(14)7-11/h5-6,10-15H,4,7-9H2,1-3H3. The summed E-state index contributed by atoms with van der Waals surface area (Å²) in [7, 11) is 0. The molecule has 5 atom stereocenters. The van der Waals surface area contributed by atoms with Gasteiger partial charge in [-0.1, -0.05) is 19.1 Å². The third-order valence-electron chi connectivity index (χ3n) is 4.33. The van der Waals surface area contributed by atoms with E-state index in [4.69, 9.17) is 0 Å². The highest BCUT2D eigenvalue weighted by atomic mass is 32.2. The van der Waals surface area contributed by atoms with Gasteiger partial charge in [0.15, 0.2) is 0 Å². The van der Waals surface area contributed by atoms with Crippen LogP contribution >= 0.6 is 11.8 Å². The van der Waals surface area contributed by atoms with Gasteiger partial charge in [-0.05, 0) is 50.2 Å². The average molecular weight is 239 g/mol. The number of hydrogen-bond donors (Lipinski definition) is 1. The molecule has 0 saturated heterocycles. The third-order valence-corrected chi connectivity index (χ3v) is 5.07. The van der Waals surface area contributed by atoms with Gasteiger partial charge in [0.25, 0.3) is 0 Å². The molecule has 0 spiro atoms. The molecule has 16 heavy (non-hydrogen) atoms. The summed E-state index contributed by atoms with van der Waals surface area (Å²) in [5.74, 6) is 3.92. The van der Waals surface area contributed by atoms with E-state index in [2.05, 4.69) is 37.6 Å². The molecule has 0 amide bonds. The van der Waals surface area contributed by atoms with E-state index in [-0.39, 0.29) is 0 Å². The van der Waals surface area contributed by atoms with Gasteiger partial charge in [-0.15, -0.1) is 0 Å². The maximum atomic E-state index is 3.84. The Balaban J connectivity index is 1.83. The van der Waals surface area contributed by atoms with Crippen LogP contribution in [0.3, 0.4) is 0 Å². The Morgan fingerprint density at radius 2 is 2.19 bits per heavy atom. The normalized spacial score (nSPS) is 35.6. The van der Waals surface area contributed by atoms with Crippen LogP contribution in [-0.2, 0) is 0 Å². The number of fused-ring (bicyclic) bond motifs is 2. The molecule has 2 bridgehead atoms. The van der Waals surface area contributed by atoms with Gasteiger partial charge in [-0.25, -0.2) is 0 Å². The second-order valence-electron chi connectivity index (χ2n) is 5.46. The first-order valence-corrected chi connectivity index (χ1v) is 8.07. The van der Waals surface area contributed by atoms with Crippen LogP contribution in [0.15, 0.2) is 12.2 Å². The quantitative estimate of drug-likeness (QED) is 0.714. The Morgan fingerprint density at radius 1 is 1.38 bits per heavy atom. The monoisotopic (exact) mass is 239 g/mol. The zero-order chi connectivity index (χ0) is 11.5. The van der Waals surface area contributed by atoms with Gasteiger partial charge in [-0.2, -0.15) is 11.8 Å². The fourth-order valence-electron chi connectivity index (χ4n) is 3.38. The molecule has 92 valence electrons. The minimum Gasteiger partial charge on any atom is -0.310 e. The van der Waals surface area contributed by atoms with Crippen LogP contribution in [0.1, 0.15) is 33.1 Å². The summed E-state index contributed by atoms with van der Waals surface area (Å²) in [5.41, 5.74) is 0. The smallest absolute Gasteiger partial charge is 0.0158 e. The summed E-state index contributed by atoms with van der Waals surface area (Å²) in [4.78, 5) is 0. The van der Waals surface area contributed by atoms with Crippen molar-refractivity contribution >= 4 is 11.8 Å².